The molecule has 0 amide bonds. The third-order valence-electron chi connectivity index (χ3n) is 5.63. The molecule has 3 aliphatic rings. The van der Waals surface area contributed by atoms with E-state index in [0.717, 1.165) is 17.4 Å². The largest absolute Gasteiger partial charge is 0.468 e. The quantitative estimate of drug-likeness (QED) is 0.869. The van der Waals surface area contributed by atoms with Crippen LogP contribution in [0.25, 0.3) is 0 Å². The minimum Gasteiger partial charge on any atom is -0.468 e. The van der Waals surface area contributed by atoms with E-state index in [0.29, 0.717) is 5.41 Å². The van der Waals surface area contributed by atoms with Crippen molar-refractivity contribution in [2.45, 2.75) is 44.2 Å². The molecule has 0 aromatic heterocycles. The fourth-order valence-electron chi connectivity index (χ4n) is 4.06. The Hall–Kier alpha value is -1.61. The molecule has 2 heterocycles. The van der Waals surface area contributed by atoms with Gasteiger partial charge in [-0.05, 0) is 74.4 Å². The van der Waals surface area contributed by atoms with Crippen molar-refractivity contribution in [1.82, 2.24) is 5.32 Å². The third-order valence-corrected chi connectivity index (χ3v) is 5.63. The van der Waals surface area contributed by atoms with Gasteiger partial charge in [0, 0.05) is 5.56 Å². The van der Waals surface area contributed by atoms with Gasteiger partial charge in [-0.2, -0.15) is 0 Å². The van der Waals surface area contributed by atoms with Gasteiger partial charge in [-0.1, -0.05) is 18.7 Å². The molecule has 4 rings (SSSR count). The second-order valence-electron chi connectivity index (χ2n) is 6.98. The summed E-state index contributed by atoms with van der Waals surface area (Å²) in [6.07, 6.45) is 5.86. The first-order valence-corrected chi connectivity index (χ1v) is 8.40. The predicted octanol–water partition coefficient (Wildman–Crippen LogP) is 3.26. The van der Waals surface area contributed by atoms with E-state index >= 15 is 0 Å². The minimum atomic E-state index is 0.0103. The van der Waals surface area contributed by atoms with Crippen molar-refractivity contribution in [3.8, 4) is 0 Å². The third kappa shape index (κ3) is 2.28. The number of ether oxygens (including phenoxy) is 1. The van der Waals surface area contributed by atoms with Crippen molar-refractivity contribution in [2.24, 2.45) is 10.4 Å². The summed E-state index contributed by atoms with van der Waals surface area (Å²) in [6.45, 7) is 8.24. The van der Waals surface area contributed by atoms with Crippen molar-refractivity contribution in [3.05, 3.63) is 48.0 Å². The standard InChI is InChI=1S/C19H24N2O/c1-3-17-13(2)21-18(22-17)15-6-4-14(5-7-15)16-12-19(16)8-10-20-11-9-19/h3-7,13,16-17,20H,1,8-12H2,2H3. The van der Waals surface area contributed by atoms with Crippen LogP contribution in [-0.4, -0.2) is 31.1 Å². The van der Waals surface area contributed by atoms with E-state index in [1.807, 2.05) is 6.08 Å². The lowest BCUT2D eigenvalue weighted by atomic mass is 9.89. The molecule has 116 valence electrons. The average molecular weight is 296 g/mol. The normalized spacial score (nSPS) is 32.4. The van der Waals surface area contributed by atoms with Crippen molar-refractivity contribution < 1.29 is 4.74 Å². The van der Waals surface area contributed by atoms with E-state index in [2.05, 4.69) is 48.1 Å². The van der Waals surface area contributed by atoms with E-state index < -0.39 is 0 Å². The first kappa shape index (κ1) is 14.0. The van der Waals surface area contributed by atoms with Crippen LogP contribution in [0.1, 0.15) is 43.2 Å². The van der Waals surface area contributed by atoms with Gasteiger partial charge in [-0.15, -0.1) is 0 Å². The highest BCUT2D eigenvalue weighted by Crippen LogP contribution is 2.64. The van der Waals surface area contributed by atoms with Gasteiger partial charge in [-0.3, -0.25) is 0 Å². The van der Waals surface area contributed by atoms with Crippen LogP contribution in [0.15, 0.2) is 41.9 Å². The van der Waals surface area contributed by atoms with Gasteiger partial charge in [0.2, 0.25) is 5.90 Å². The predicted molar refractivity (Wildman–Crippen MR) is 89.4 cm³/mol. The summed E-state index contributed by atoms with van der Waals surface area (Å²) < 4.78 is 5.86. The molecule has 3 unspecified atom stereocenters. The number of hydrogen-bond donors (Lipinski definition) is 1. The van der Waals surface area contributed by atoms with Gasteiger partial charge in [-0.25, -0.2) is 4.99 Å². The van der Waals surface area contributed by atoms with Crippen molar-refractivity contribution >= 4 is 5.90 Å². The molecule has 0 bridgehead atoms. The van der Waals surface area contributed by atoms with Gasteiger partial charge < -0.3 is 10.1 Å². The van der Waals surface area contributed by atoms with Crippen LogP contribution < -0.4 is 5.32 Å². The summed E-state index contributed by atoms with van der Waals surface area (Å²) in [4.78, 5) is 4.60. The van der Waals surface area contributed by atoms with Crippen molar-refractivity contribution in [1.29, 1.82) is 0 Å². The first-order chi connectivity index (χ1) is 10.7. The van der Waals surface area contributed by atoms with E-state index in [-0.39, 0.29) is 12.1 Å². The molecule has 1 N–H and O–H groups in total. The van der Waals surface area contributed by atoms with E-state index in [1.165, 1.54) is 37.9 Å². The number of benzene rings is 1. The second kappa shape index (κ2) is 5.24. The Bertz CT molecular complexity index is 598. The van der Waals surface area contributed by atoms with E-state index in [4.69, 9.17) is 4.74 Å². The Balaban J connectivity index is 1.48. The summed E-state index contributed by atoms with van der Waals surface area (Å²) in [5.41, 5.74) is 3.16. The van der Waals surface area contributed by atoms with Crippen LogP contribution in [-0.2, 0) is 4.74 Å². The summed E-state index contributed by atoms with van der Waals surface area (Å²) in [6, 6.07) is 9.04. The van der Waals surface area contributed by atoms with Crippen LogP contribution in [0.4, 0.5) is 0 Å². The maximum Gasteiger partial charge on any atom is 0.217 e. The Labute approximate surface area is 132 Å². The molecule has 1 saturated carbocycles. The van der Waals surface area contributed by atoms with Crippen LogP contribution in [0.3, 0.4) is 0 Å². The molecular formula is C19H24N2O. The summed E-state index contributed by atoms with van der Waals surface area (Å²) in [5, 5.41) is 3.47. The van der Waals surface area contributed by atoms with Gasteiger partial charge in [0.15, 0.2) is 0 Å². The molecule has 1 saturated heterocycles. The number of hydrogen-bond acceptors (Lipinski definition) is 3. The lowest BCUT2D eigenvalue weighted by molar-refractivity contribution is 0.248. The zero-order valence-corrected chi connectivity index (χ0v) is 13.2. The highest BCUT2D eigenvalue weighted by atomic mass is 16.5. The van der Waals surface area contributed by atoms with E-state index in [9.17, 15) is 0 Å². The Morgan fingerprint density at radius 2 is 2.00 bits per heavy atom. The maximum atomic E-state index is 5.86. The average Bonchev–Trinajstić information content (AvgIpc) is 3.10. The highest BCUT2D eigenvalue weighted by molar-refractivity contribution is 5.95. The maximum absolute atomic E-state index is 5.86. The van der Waals surface area contributed by atoms with Crippen molar-refractivity contribution in [3.63, 3.8) is 0 Å². The van der Waals surface area contributed by atoms with Crippen LogP contribution in [0, 0.1) is 5.41 Å². The van der Waals surface area contributed by atoms with Gasteiger partial charge in [0.25, 0.3) is 0 Å². The summed E-state index contributed by atoms with van der Waals surface area (Å²) >= 11 is 0. The lowest BCUT2D eigenvalue weighted by Crippen LogP contribution is -2.29. The second-order valence-corrected chi connectivity index (χ2v) is 6.98. The minimum absolute atomic E-state index is 0.0103. The van der Waals surface area contributed by atoms with Gasteiger partial charge in [0.1, 0.15) is 6.10 Å². The molecule has 3 heteroatoms. The fourth-order valence-corrected chi connectivity index (χ4v) is 4.06. The Kier molecular flexibility index (Phi) is 3.33. The summed E-state index contributed by atoms with van der Waals surface area (Å²) in [5.74, 6) is 1.52. The molecule has 1 spiro atoms. The van der Waals surface area contributed by atoms with Crippen LogP contribution in [0.2, 0.25) is 0 Å². The molecule has 1 aliphatic carbocycles. The molecule has 1 aromatic carbocycles. The van der Waals surface area contributed by atoms with Crippen LogP contribution in [0.5, 0.6) is 0 Å². The molecule has 3 nitrogen and oxygen atoms in total. The first-order valence-electron chi connectivity index (χ1n) is 8.40. The molecule has 22 heavy (non-hydrogen) atoms. The van der Waals surface area contributed by atoms with Crippen molar-refractivity contribution in [2.75, 3.05) is 13.1 Å². The number of nitrogens with zero attached hydrogens (tertiary/aromatic N) is 1. The highest BCUT2D eigenvalue weighted by Gasteiger charge is 2.54. The molecule has 0 radical (unpaired) electrons. The number of rotatable bonds is 3. The van der Waals surface area contributed by atoms with E-state index in [1.54, 1.807) is 0 Å². The SMILES string of the molecule is C=CC1OC(c2ccc(C3CC34CCNCC4)cc2)=NC1C. The van der Waals surface area contributed by atoms with Gasteiger partial charge in [0.05, 0.1) is 6.04 Å². The zero-order valence-electron chi connectivity index (χ0n) is 13.2. The lowest BCUT2D eigenvalue weighted by Gasteiger charge is -2.23. The molecule has 3 atom stereocenters. The number of nitrogens with one attached hydrogen (secondary N) is 1. The smallest absolute Gasteiger partial charge is 0.217 e. The topological polar surface area (TPSA) is 33.6 Å². The molecule has 1 aromatic rings. The van der Waals surface area contributed by atoms with Gasteiger partial charge >= 0.3 is 0 Å². The fraction of sp³-hybridized carbons (Fsp3) is 0.526. The molecule has 2 aliphatic heterocycles. The molecule has 2 fully saturated rings. The summed E-state index contributed by atoms with van der Waals surface area (Å²) in [7, 11) is 0. The Morgan fingerprint density at radius 3 is 2.64 bits per heavy atom. The monoisotopic (exact) mass is 296 g/mol. The number of piperidine rings is 1. The number of aliphatic imine (C=N–C) groups is 1. The zero-order chi connectivity index (χ0) is 15.2. The molecular weight excluding hydrogens is 272 g/mol. The Morgan fingerprint density at radius 1 is 1.27 bits per heavy atom. The van der Waals surface area contributed by atoms with Crippen LogP contribution >= 0.6 is 0 Å².